The van der Waals surface area contributed by atoms with Crippen LogP contribution in [0, 0.1) is 0 Å². The molecule has 0 spiro atoms. The summed E-state index contributed by atoms with van der Waals surface area (Å²) in [6.45, 7) is 6.01. The van der Waals surface area contributed by atoms with Gasteiger partial charge in [-0.15, -0.1) is 0 Å². The zero-order valence-electron chi connectivity index (χ0n) is 18.9. The number of benzene rings is 1. The van der Waals surface area contributed by atoms with Crippen molar-refractivity contribution >= 4 is 33.5 Å². The normalized spacial score (nSPS) is 11.2. The highest BCUT2D eigenvalue weighted by Crippen LogP contribution is 2.31. The maximum absolute atomic E-state index is 12.3. The zero-order chi connectivity index (χ0) is 24.8. The minimum absolute atomic E-state index is 0.192. The number of methoxy groups -OCH3 is 1. The van der Waals surface area contributed by atoms with E-state index >= 15 is 0 Å². The van der Waals surface area contributed by atoms with Gasteiger partial charge in [-0.2, -0.15) is 0 Å². The number of nitrogens with one attached hydrogen (secondary N) is 3. The number of nitrogens with zero attached hydrogens (tertiary/aromatic N) is 1. The number of anilines is 3. The first kappa shape index (κ1) is 25.6. The third-order valence-corrected chi connectivity index (χ3v) is 4.11. The van der Waals surface area contributed by atoms with Gasteiger partial charge in [0.1, 0.15) is 11.5 Å². The number of hydrogen-bond donors (Lipinski definition) is 3. The van der Waals surface area contributed by atoms with Crippen molar-refractivity contribution in [2.75, 3.05) is 29.7 Å². The molecule has 11 nitrogen and oxygen atoms in total. The number of aromatic nitrogens is 2. The van der Waals surface area contributed by atoms with Gasteiger partial charge in [-0.05, 0) is 23.8 Å². The summed E-state index contributed by atoms with van der Waals surface area (Å²) in [4.78, 5) is 15.3. The van der Waals surface area contributed by atoms with Crippen LogP contribution in [0.2, 0.25) is 0 Å². The highest BCUT2D eigenvalue weighted by molar-refractivity contribution is 7.84. The summed E-state index contributed by atoms with van der Waals surface area (Å²) >= 11 is 0. The van der Waals surface area contributed by atoms with Crippen LogP contribution in [0.25, 0.3) is 11.1 Å². The molecule has 0 radical (unpaired) electrons. The lowest BCUT2D eigenvalue weighted by Crippen LogP contribution is -2.20. The topological polar surface area (TPSA) is 174 Å². The number of carbonyl (C=O) groups excluding carboxylic acids is 1. The number of H-pyrrole nitrogens is 1. The Morgan fingerprint density at radius 2 is 1.79 bits per heavy atom. The van der Waals surface area contributed by atoms with Gasteiger partial charge < -0.3 is 19.1 Å². The fourth-order valence-electron chi connectivity index (χ4n) is 2.55. The number of ether oxygens (including phenoxy) is 1. The number of pyridine rings is 1. The van der Waals surface area contributed by atoms with Gasteiger partial charge in [-0.1, -0.05) is 32.0 Å². The molecule has 1 aromatic carbocycles. The Balaban J connectivity index is 0.000000696. The summed E-state index contributed by atoms with van der Waals surface area (Å²) in [5, 5.41) is 9.29. The molecule has 2 amide bonds. The van der Waals surface area contributed by atoms with Gasteiger partial charge in [0.05, 0.1) is 29.1 Å². The van der Waals surface area contributed by atoms with Crippen molar-refractivity contribution in [3.05, 3.63) is 48.4 Å². The number of aromatic amines is 1. The molecule has 12 heteroatoms. The fraction of sp³-hybridized carbons (Fsp3) is 0.286. The number of urea groups is 1. The highest BCUT2D eigenvalue weighted by atomic mass is 32.2. The summed E-state index contributed by atoms with van der Waals surface area (Å²) in [6, 6.07) is 10.4. The second-order valence-corrected chi connectivity index (χ2v) is 9.47. The number of amides is 2. The molecule has 0 aliphatic rings. The smallest absolute Gasteiger partial charge is 0.325 e. The van der Waals surface area contributed by atoms with Gasteiger partial charge in [0.2, 0.25) is 0 Å². The van der Waals surface area contributed by atoms with Crippen LogP contribution in [0.5, 0.6) is 5.75 Å². The fourth-order valence-corrected chi connectivity index (χ4v) is 2.55. The van der Waals surface area contributed by atoms with Crippen molar-refractivity contribution in [3.8, 4) is 16.9 Å². The van der Waals surface area contributed by atoms with Crippen molar-refractivity contribution in [2.24, 2.45) is 0 Å². The molecule has 3 rings (SSSR count). The number of carbonyl (C=O) groups is 1. The average molecular weight is 478 g/mol. The lowest BCUT2D eigenvalue weighted by molar-refractivity contribution is -0.359. The molecule has 0 atom stereocenters. The lowest BCUT2D eigenvalue weighted by atomic mass is 9.93. The summed E-state index contributed by atoms with van der Waals surface area (Å²) in [5.41, 5.74) is 7.89. The molecule has 33 heavy (non-hydrogen) atoms. The monoisotopic (exact) mass is 477 g/mol. The van der Waals surface area contributed by atoms with E-state index in [1.54, 1.807) is 31.5 Å². The number of nitrogens with two attached hydrogens (primary N) is 1. The van der Waals surface area contributed by atoms with Crippen molar-refractivity contribution in [3.63, 3.8) is 0 Å². The Morgan fingerprint density at radius 1 is 1.15 bits per heavy atom. The first-order valence-corrected chi connectivity index (χ1v) is 11.5. The molecule has 2 aromatic heterocycles. The molecule has 0 aliphatic carbocycles. The van der Waals surface area contributed by atoms with E-state index < -0.39 is 16.1 Å². The number of nitrogen functional groups attached to an aromatic ring is 1. The number of rotatable bonds is 4. The Morgan fingerprint density at radius 3 is 2.30 bits per heavy atom. The Labute approximate surface area is 192 Å². The predicted octanol–water partition coefficient (Wildman–Crippen LogP) is 2.85. The molecule has 178 valence electrons. The Kier molecular flexibility index (Phi) is 8.01. The van der Waals surface area contributed by atoms with Crippen molar-refractivity contribution < 1.29 is 32.0 Å². The van der Waals surface area contributed by atoms with Crippen LogP contribution in [0.3, 0.4) is 0 Å². The van der Waals surface area contributed by atoms with Crippen LogP contribution in [0.1, 0.15) is 26.5 Å². The van der Waals surface area contributed by atoms with Crippen LogP contribution in [0.15, 0.2) is 47.1 Å². The third-order valence-electron chi connectivity index (χ3n) is 4.11. The van der Waals surface area contributed by atoms with E-state index in [9.17, 15) is 4.79 Å². The van der Waals surface area contributed by atoms with Gasteiger partial charge >= 0.3 is 6.03 Å². The SMILES string of the molecule is COc1cc(-c2ccc(N)[nH+]c2)ccc1NC(=O)Nc1cc(C(C)(C)C)on1.CS(=O)(=O)[O-]. The van der Waals surface area contributed by atoms with Gasteiger partial charge in [0, 0.05) is 29.4 Å². The van der Waals surface area contributed by atoms with E-state index in [-0.39, 0.29) is 5.41 Å². The third kappa shape index (κ3) is 8.43. The molecular weight excluding hydrogens is 450 g/mol. The lowest BCUT2D eigenvalue weighted by Gasteiger charge is -2.12. The van der Waals surface area contributed by atoms with Crippen LogP contribution >= 0.6 is 0 Å². The largest absolute Gasteiger partial charge is 0.748 e. The van der Waals surface area contributed by atoms with E-state index in [4.69, 9.17) is 28.0 Å². The Hall–Kier alpha value is -3.64. The first-order chi connectivity index (χ1) is 15.3. The van der Waals surface area contributed by atoms with Crippen LogP contribution < -0.4 is 26.1 Å². The summed E-state index contributed by atoms with van der Waals surface area (Å²) in [6.07, 6.45) is 2.41. The summed E-state index contributed by atoms with van der Waals surface area (Å²) in [7, 11) is -2.37. The minimum atomic E-state index is -3.92. The minimum Gasteiger partial charge on any atom is -0.748 e. The van der Waals surface area contributed by atoms with Crippen LogP contribution in [-0.4, -0.2) is 37.5 Å². The maximum Gasteiger partial charge on any atom is 0.325 e. The van der Waals surface area contributed by atoms with E-state index in [0.29, 0.717) is 35.1 Å². The molecule has 2 heterocycles. The standard InChI is InChI=1S/C20H23N5O3.CH4O3S/c1-20(2,3)16-10-18(25-28-16)24-19(26)23-14-7-5-12(9-15(14)27-4)13-6-8-17(21)22-11-13;1-5(2,3)4/h5-11H,1-4H3,(H2,21,22)(H2,23,24,25,26);1H3,(H,2,3,4). The second kappa shape index (κ2) is 10.3. The van der Waals surface area contributed by atoms with Crippen molar-refractivity contribution in [2.45, 2.75) is 26.2 Å². The second-order valence-electron chi connectivity index (χ2n) is 8.06. The number of hydrogen-bond acceptors (Lipinski definition) is 8. The van der Waals surface area contributed by atoms with Crippen molar-refractivity contribution in [1.82, 2.24) is 5.16 Å². The van der Waals surface area contributed by atoms with Gasteiger partial charge in [-0.25, -0.2) is 18.2 Å². The molecule has 0 bridgehead atoms. The molecule has 0 saturated carbocycles. The maximum atomic E-state index is 12.3. The van der Waals surface area contributed by atoms with E-state index in [1.807, 2.05) is 39.0 Å². The van der Waals surface area contributed by atoms with Crippen molar-refractivity contribution in [1.29, 1.82) is 0 Å². The first-order valence-electron chi connectivity index (χ1n) is 9.68. The molecule has 5 N–H and O–H groups in total. The van der Waals surface area contributed by atoms with Crippen LogP contribution in [0.4, 0.5) is 22.1 Å². The molecule has 0 saturated heterocycles. The Bertz CT molecular complexity index is 1190. The van der Waals surface area contributed by atoms with E-state index in [0.717, 1.165) is 11.1 Å². The quantitative estimate of drug-likeness (QED) is 0.481. The highest BCUT2D eigenvalue weighted by Gasteiger charge is 2.20. The van der Waals surface area contributed by atoms with Crippen LogP contribution in [-0.2, 0) is 15.5 Å². The van der Waals surface area contributed by atoms with E-state index in [1.165, 1.54) is 0 Å². The summed E-state index contributed by atoms with van der Waals surface area (Å²) in [5.74, 6) is 2.13. The molecule has 3 aromatic rings. The van der Waals surface area contributed by atoms with E-state index in [2.05, 4.69) is 20.8 Å². The summed E-state index contributed by atoms with van der Waals surface area (Å²) < 4.78 is 37.9. The van der Waals surface area contributed by atoms with Gasteiger partial charge in [-0.3, -0.25) is 11.1 Å². The van der Waals surface area contributed by atoms with Gasteiger partial charge in [0.25, 0.3) is 5.82 Å². The predicted molar refractivity (Wildman–Crippen MR) is 123 cm³/mol. The molecule has 0 unspecified atom stereocenters. The molecular formula is C21H27N5O6S. The zero-order valence-corrected chi connectivity index (χ0v) is 19.7. The molecule has 0 fully saturated rings. The molecule has 0 aliphatic heterocycles. The average Bonchev–Trinajstić information content (AvgIpc) is 3.16. The van der Waals surface area contributed by atoms with Gasteiger partial charge in [0.15, 0.2) is 5.82 Å².